The summed E-state index contributed by atoms with van der Waals surface area (Å²) in [5, 5.41) is 15.3. The smallest absolute Gasteiger partial charge is 0.460 e. The van der Waals surface area contributed by atoms with E-state index in [1.54, 1.807) is 4.72 Å². The molecule has 0 saturated carbocycles. The van der Waals surface area contributed by atoms with Crippen molar-refractivity contribution in [3.05, 3.63) is 22.7 Å². The van der Waals surface area contributed by atoms with Gasteiger partial charge in [0.2, 0.25) is 5.01 Å². The average molecular weight is 577 g/mol. The number of carbonyl (C=O) groups excluding carboxylic acids is 1. The second-order valence-corrected chi connectivity index (χ2v) is 11.9. The molecule has 1 atom stereocenters. The molecule has 2 heterocycles. The van der Waals surface area contributed by atoms with E-state index in [0.717, 1.165) is 36.2 Å². The lowest BCUT2D eigenvalue weighted by Crippen LogP contribution is -2.41. The number of nitrogens with one attached hydrogen (secondary N) is 1. The van der Waals surface area contributed by atoms with Gasteiger partial charge in [0.25, 0.3) is 5.13 Å². The van der Waals surface area contributed by atoms with Gasteiger partial charge >= 0.3 is 21.5 Å². The van der Waals surface area contributed by atoms with Crippen LogP contribution in [0.5, 0.6) is 0 Å². The molecule has 2 aromatic rings. The summed E-state index contributed by atoms with van der Waals surface area (Å²) in [5.74, 6) is -0.398. The molecule has 38 heavy (non-hydrogen) atoms. The third-order valence-electron chi connectivity index (χ3n) is 5.84. The Morgan fingerprint density at radius 3 is 2.63 bits per heavy atom. The Kier molecular flexibility index (Phi) is 9.68. The maximum Gasteiger partial charge on any atom is 0.516 e. The van der Waals surface area contributed by atoms with Crippen LogP contribution in [-0.4, -0.2) is 49.3 Å². The number of halogens is 3. The van der Waals surface area contributed by atoms with Gasteiger partial charge in [0.05, 0.1) is 12.3 Å². The largest absolute Gasteiger partial charge is 0.516 e. The number of unbranched alkanes of at least 4 members (excludes halogenated alkanes) is 1. The fourth-order valence-corrected chi connectivity index (χ4v) is 5.13. The Balaban J connectivity index is 1.99. The lowest BCUT2D eigenvalue weighted by Gasteiger charge is -2.40. The molecule has 210 valence electrons. The number of nitrogens with zero attached hydrogens (tertiary/aromatic N) is 5. The first kappa shape index (κ1) is 29.7. The first-order valence-corrected chi connectivity index (χ1v) is 14.6. The molecule has 1 unspecified atom stereocenters. The highest BCUT2D eigenvalue weighted by Gasteiger charge is 2.46. The van der Waals surface area contributed by atoms with Crippen molar-refractivity contribution in [1.82, 2.24) is 10.2 Å². The van der Waals surface area contributed by atoms with Gasteiger partial charge in [-0.1, -0.05) is 45.5 Å². The SMILES string of the molecule is CCCCOC(=O)c1nnc(N=Nc2cc3c(cc2NS(=O)(=O)C(F)(F)F)N(CC(C)C)C(CC)CC3)s1. The number of alkyl halides is 3. The highest BCUT2D eigenvalue weighted by atomic mass is 32.2. The van der Waals surface area contributed by atoms with Crippen molar-refractivity contribution < 1.29 is 31.1 Å². The normalized spacial score (nSPS) is 16.2. The van der Waals surface area contributed by atoms with Crippen LogP contribution < -0.4 is 9.62 Å². The van der Waals surface area contributed by atoms with Crippen molar-refractivity contribution in [3.63, 3.8) is 0 Å². The molecule has 1 aromatic heterocycles. The number of fused-ring (bicyclic) bond motifs is 1. The Hall–Kier alpha value is -2.81. The summed E-state index contributed by atoms with van der Waals surface area (Å²) in [5.41, 5.74) is -4.52. The second kappa shape index (κ2) is 12.4. The number of carbonyl (C=O) groups is 1. The van der Waals surface area contributed by atoms with E-state index in [2.05, 4.69) is 25.3 Å². The van der Waals surface area contributed by atoms with E-state index in [4.69, 9.17) is 4.74 Å². The van der Waals surface area contributed by atoms with Crippen LogP contribution in [0.3, 0.4) is 0 Å². The molecule has 1 aliphatic rings. The molecule has 0 amide bonds. The van der Waals surface area contributed by atoms with Gasteiger partial charge in [-0.05, 0) is 49.3 Å². The lowest BCUT2D eigenvalue weighted by molar-refractivity contribution is -0.0429. The summed E-state index contributed by atoms with van der Waals surface area (Å²) in [6, 6.07) is 3.09. The van der Waals surface area contributed by atoms with Gasteiger partial charge in [-0.15, -0.1) is 20.4 Å². The third kappa shape index (κ3) is 7.18. The summed E-state index contributed by atoms with van der Waals surface area (Å²) in [7, 11) is -5.72. The topological polar surface area (TPSA) is 126 Å². The number of ether oxygens (including phenoxy) is 1. The van der Waals surface area contributed by atoms with Crippen molar-refractivity contribution in [2.45, 2.75) is 71.3 Å². The minimum absolute atomic E-state index is 0.0396. The van der Waals surface area contributed by atoms with Crippen LogP contribution in [0.15, 0.2) is 22.4 Å². The summed E-state index contributed by atoms with van der Waals surface area (Å²) in [6.45, 7) is 8.94. The maximum atomic E-state index is 13.2. The number of aryl methyl sites for hydroxylation is 1. The van der Waals surface area contributed by atoms with E-state index >= 15 is 0 Å². The molecular weight excluding hydrogens is 545 g/mol. The zero-order valence-electron chi connectivity index (χ0n) is 21.6. The van der Waals surface area contributed by atoms with Crippen molar-refractivity contribution in [2.75, 3.05) is 22.8 Å². The monoisotopic (exact) mass is 576 g/mol. The van der Waals surface area contributed by atoms with E-state index < -0.39 is 21.5 Å². The fourth-order valence-electron chi connectivity index (χ4n) is 4.00. The summed E-state index contributed by atoms with van der Waals surface area (Å²) in [6.07, 6.45) is 3.85. The molecule has 10 nitrogen and oxygen atoms in total. The molecular formula is C23H31F3N6O4S2. The third-order valence-corrected chi connectivity index (χ3v) is 7.73. The van der Waals surface area contributed by atoms with E-state index in [1.165, 1.54) is 12.1 Å². The summed E-state index contributed by atoms with van der Waals surface area (Å²) < 4.78 is 70.3. The Morgan fingerprint density at radius 1 is 1.26 bits per heavy atom. The van der Waals surface area contributed by atoms with Gasteiger partial charge in [-0.2, -0.15) is 21.6 Å². The number of benzene rings is 1. The zero-order chi connectivity index (χ0) is 28.1. The molecule has 1 N–H and O–H groups in total. The van der Waals surface area contributed by atoms with E-state index in [0.29, 0.717) is 25.1 Å². The molecule has 3 rings (SSSR count). The summed E-state index contributed by atoms with van der Waals surface area (Å²) in [4.78, 5) is 14.2. The number of rotatable bonds is 11. The van der Waals surface area contributed by atoms with Crippen LogP contribution in [0, 0.1) is 5.92 Å². The Morgan fingerprint density at radius 2 is 2.00 bits per heavy atom. The van der Waals surface area contributed by atoms with Crippen LogP contribution in [0.2, 0.25) is 0 Å². The molecule has 0 bridgehead atoms. The number of hydrogen-bond acceptors (Lipinski definition) is 10. The molecule has 0 radical (unpaired) electrons. The van der Waals surface area contributed by atoms with Gasteiger partial charge < -0.3 is 9.64 Å². The van der Waals surface area contributed by atoms with Gasteiger partial charge in [-0.3, -0.25) is 4.72 Å². The van der Waals surface area contributed by atoms with E-state index in [9.17, 15) is 26.4 Å². The van der Waals surface area contributed by atoms with Crippen molar-refractivity contribution in [1.29, 1.82) is 0 Å². The maximum absolute atomic E-state index is 13.2. The van der Waals surface area contributed by atoms with Crippen LogP contribution in [0.25, 0.3) is 0 Å². The average Bonchev–Trinajstić information content (AvgIpc) is 3.31. The second-order valence-electron chi connectivity index (χ2n) is 9.28. The number of sulfonamides is 1. The van der Waals surface area contributed by atoms with Crippen molar-refractivity contribution >= 4 is 49.5 Å². The number of azo groups is 1. The van der Waals surface area contributed by atoms with E-state index in [1.807, 2.05) is 27.7 Å². The van der Waals surface area contributed by atoms with E-state index in [-0.39, 0.29) is 40.1 Å². The predicted octanol–water partition coefficient (Wildman–Crippen LogP) is 6.36. The molecule has 15 heteroatoms. The molecule has 0 saturated heterocycles. The minimum atomic E-state index is -5.72. The van der Waals surface area contributed by atoms with Gasteiger partial charge in [0.15, 0.2) is 0 Å². The highest BCUT2D eigenvalue weighted by molar-refractivity contribution is 7.93. The summed E-state index contributed by atoms with van der Waals surface area (Å²) >= 11 is 0.797. The van der Waals surface area contributed by atoms with Crippen LogP contribution in [0.4, 0.5) is 35.4 Å². The zero-order valence-corrected chi connectivity index (χ0v) is 23.2. The first-order valence-electron chi connectivity index (χ1n) is 12.3. The highest BCUT2D eigenvalue weighted by Crippen LogP contribution is 2.41. The fraction of sp³-hybridized carbons (Fsp3) is 0.609. The van der Waals surface area contributed by atoms with Crippen LogP contribution >= 0.6 is 11.3 Å². The van der Waals surface area contributed by atoms with Gasteiger partial charge in [0, 0.05) is 18.3 Å². The molecule has 0 spiro atoms. The molecule has 0 fully saturated rings. The van der Waals surface area contributed by atoms with Crippen LogP contribution in [0.1, 0.15) is 68.7 Å². The molecule has 0 aliphatic carbocycles. The lowest BCUT2D eigenvalue weighted by atomic mass is 9.92. The predicted molar refractivity (Wildman–Crippen MR) is 139 cm³/mol. The number of hydrogen-bond donors (Lipinski definition) is 1. The number of aromatic nitrogens is 2. The Bertz CT molecular complexity index is 1260. The van der Waals surface area contributed by atoms with Crippen LogP contribution in [-0.2, 0) is 21.2 Å². The first-order chi connectivity index (χ1) is 17.9. The molecule has 1 aromatic carbocycles. The Labute approximate surface area is 223 Å². The van der Waals surface area contributed by atoms with Crippen molar-refractivity contribution in [2.24, 2.45) is 16.1 Å². The number of esters is 1. The standard InChI is InChI=1S/C23H31F3N6O4S2/c1-5-7-10-36-21(33)20-28-30-22(37-20)29-27-17-11-15-8-9-16(6-2)32(13-14(3)4)19(15)12-18(17)31-38(34,35)23(24,25)26/h11-12,14,16,31H,5-10,13H2,1-4H3. The minimum Gasteiger partial charge on any atom is -0.460 e. The van der Waals surface area contributed by atoms with Gasteiger partial charge in [0.1, 0.15) is 5.69 Å². The quantitative estimate of drug-likeness (QED) is 0.187. The molecule has 1 aliphatic heterocycles. The van der Waals surface area contributed by atoms with Crippen molar-refractivity contribution in [3.8, 4) is 0 Å². The number of anilines is 2. The van der Waals surface area contributed by atoms with Gasteiger partial charge in [-0.25, -0.2) is 4.79 Å².